The zero-order valence-electron chi connectivity index (χ0n) is 10.6. The number of nitrogens with one attached hydrogen (secondary N) is 2. The Hall–Kier alpha value is -1.58. The van der Waals surface area contributed by atoms with Gasteiger partial charge in [0, 0.05) is 12.7 Å². The van der Waals surface area contributed by atoms with E-state index >= 15 is 0 Å². The van der Waals surface area contributed by atoms with E-state index in [1.54, 1.807) is 6.20 Å². The van der Waals surface area contributed by atoms with Crippen molar-refractivity contribution in [1.82, 2.24) is 4.98 Å². The van der Waals surface area contributed by atoms with Gasteiger partial charge < -0.3 is 10.6 Å². The molecule has 2 N–H and O–H groups in total. The van der Waals surface area contributed by atoms with Crippen LogP contribution in [0.2, 0.25) is 0 Å². The van der Waals surface area contributed by atoms with Gasteiger partial charge in [-0.15, -0.1) is 0 Å². The fourth-order valence-electron chi connectivity index (χ4n) is 2.25. The van der Waals surface area contributed by atoms with E-state index in [0.29, 0.717) is 6.54 Å². The fourth-order valence-corrected chi connectivity index (χ4v) is 2.25. The molecule has 1 amide bonds. The first-order valence-corrected chi connectivity index (χ1v) is 6.14. The molecule has 0 spiro atoms. The van der Waals surface area contributed by atoms with Crippen molar-refractivity contribution in [2.24, 2.45) is 5.41 Å². The Morgan fingerprint density at radius 2 is 2.12 bits per heavy atom. The normalized spacial score (nSPS) is 17.7. The molecule has 0 aliphatic carbocycles. The molecule has 0 unspecified atom stereocenters. The average Bonchev–Trinajstić information content (AvgIpc) is 2.48. The van der Waals surface area contributed by atoms with Crippen molar-refractivity contribution in [3.05, 3.63) is 17.8 Å². The lowest BCUT2D eigenvalue weighted by Crippen LogP contribution is -2.39. The van der Waals surface area contributed by atoms with Crippen LogP contribution in [0.4, 0.5) is 11.5 Å². The summed E-state index contributed by atoms with van der Waals surface area (Å²) in [5.41, 5.74) is 1.53. The Kier molecular flexibility index (Phi) is 3.05. The summed E-state index contributed by atoms with van der Waals surface area (Å²) in [6.07, 6.45) is 3.42. The fraction of sp³-hybridized carbons (Fsp3) is 0.538. The number of fused-ring (bicyclic) bond motifs is 1. The van der Waals surface area contributed by atoms with Crippen LogP contribution in [0.3, 0.4) is 0 Å². The third kappa shape index (κ3) is 1.88. The number of pyridine rings is 1. The lowest BCUT2D eigenvalue weighted by Gasteiger charge is -2.27. The Morgan fingerprint density at radius 3 is 2.76 bits per heavy atom. The first-order valence-electron chi connectivity index (χ1n) is 6.14. The Morgan fingerprint density at radius 1 is 1.41 bits per heavy atom. The zero-order valence-corrected chi connectivity index (χ0v) is 10.6. The molecule has 0 bridgehead atoms. The van der Waals surface area contributed by atoms with Crippen molar-refractivity contribution in [2.75, 3.05) is 17.2 Å². The minimum absolute atomic E-state index is 0.102. The van der Waals surface area contributed by atoms with Crippen LogP contribution in [0.25, 0.3) is 0 Å². The number of anilines is 2. The Labute approximate surface area is 102 Å². The summed E-state index contributed by atoms with van der Waals surface area (Å²) in [5.74, 6) is 0.881. The van der Waals surface area contributed by atoms with Crippen molar-refractivity contribution >= 4 is 17.4 Å². The number of nitrogens with zero attached hydrogens (tertiary/aromatic N) is 1. The molecule has 0 saturated carbocycles. The number of aromatic nitrogens is 1. The van der Waals surface area contributed by atoms with Crippen molar-refractivity contribution in [3.63, 3.8) is 0 Å². The van der Waals surface area contributed by atoms with Crippen LogP contribution in [0.15, 0.2) is 12.3 Å². The Bertz CT molecular complexity index is 438. The number of carbonyl (C=O) groups excluding carboxylic acids is 1. The maximum Gasteiger partial charge on any atom is 0.232 e. The number of carbonyl (C=O) groups is 1. The van der Waals surface area contributed by atoms with Gasteiger partial charge in [-0.25, -0.2) is 4.98 Å². The number of hydrogen-bond acceptors (Lipinski definition) is 3. The maximum absolute atomic E-state index is 12.3. The van der Waals surface area contributed by atoms with Crippen molar-refractivity contribution in [1.29, 1.82) is 0 Å². The smallest absolute Gasteiger partial charge is 0.232 e. The molecule has 4 heteroatoms. The molecule has 0 radical (unpaired) electrons. The van der Waals surface area contributed by atoms with Gasteiger partial charge in [0.2, 0.25) is 5.91 Å². The first-order chi connectivity index (χ1) is 8.13. The highest BCUT2D eigenvalue weighted by molar-refractivity contribution is 6.00. The monoisotopic (exact) mass is 233 g/mol. The van der Waals surface area contributed by atoms with Crippen LogP contribution in [-0.4, -0.2) is 17.4 Å². The number of amides is 1. The minimum Gasteiger partial charge on any atom is -0.367 e. The highest BCUT2D eigenvalue weighted by Gasteiger charge is 2.37. The van der Waals surface area contributed by atoms with Crippen LogP contribution in [-0.2, 0) is 4.79 Å². The Balaban J connectivity index is 2.41. The third-order valence-electron chi connectivity index (χ3n) is 3.83. The van der Waals surface area contributed by atoms with Crippen molar-refractivity contribution in [3.8, 4) is 0 Å². The van der Waals surface area contributed by atoms with Crippen molar-refractivity contribution < 1.29 is 4.79 Å². The van der Waals surface area contributed by atoms with E-state index in [1.807, 2.05) is 13.0 Å². The molecule has 0 saturated heterocycles. The SMILES string of the molecule is CCC1(CC)CNc2nccc(C)c2NC1=O. The second-order valence-electron chi connectivity index (χ2n) is 4.65. The van der Waals surface area contributed by atoms with Crippen LogP contribution < -0.4 is 10.6 Å². The van der Waals surface area contributed by atoms with Gasteiger partial charge in [-0.2, -0.15) is 0 Å². The van der Waals surface area contributed by atoms with Gasteiger partial charge in [-0.05, 0) is 31.4 Å². The highest BCUT2D eigenvalue weighted by Crippen LogP contribution is 2.34. The van der Waals surface area contributed by atoms with Gasteiger partial charge in [0.1, 0.15) is 5.82 Å². The van der Waals surface area contributed by atoms with E-state index < -0.39 is 0 Å². The third-order valence-corrected chi connectivity index (χ3v) is 3.83. The standard InChI is InChI=1S/C13H19N3O/c1-4-13(5-2)8-15-11-10(16-12(13)17)9(3)6-7-14-11/h6-7H,4-5,8H2,1-3H3,(H,14,15)(H,16,17). The maximum atomic E-state index is 12.3. The largest absolute Gasteiger partial charge is 0.367 e. The molecule has 92 valence electrons. The summed E-state index contributed by atoms with van der Waals surface area (Å²) in [5, 5.41) is 6.31. The summed E-state index contributed by atoms with van der Waals surface area (Å²) in [7, 11) is 0. The molecule has 17 heavy (non-hydrogen) atoms. The van der Waals surface area contributed by atoms with E-state index in [-0.39, 0.29) is 11.3 Å². The molecule has 4 nitrogen and oxygen atoms in total. The molecule has 0 fully saturated rings. The summed E-state index contributed by atoms with van der Waals surface area (Å²) in [6.45, 7) is 6.74. The van der Waals surface area contributed by atoms with Gasteiger partial charge in [0.25, 0.3) is 0 Å². The molecule has 2 heterocycles. The second-order valence-corrected chi connectivity index (χ2v) is 4.65. The molecule has 2 rings (SSSR count). The van der Waals surface area contributed by atoms with E-state index in [4.69, 9.17) is 0 Å². The predicted octanol–water partition coefficient (Wildman–Crippen LogP) is 2.56. The summed E-state index contributed by atoms with van der Waals surface area (Å²) >= 11 is 0. The summed E-state index contributed by atoms with van der Waals surface area (Å²) < 4.78 is 0. The van der Waals surface area contributed by atoms with Crippen LogP contribution in [0.5, 0.6) is 0 Å². The van der Waals surface area contributed by atoms with Gasteiger partial charge in [0.05, 0.1) is 11.1 Å². The van der Waals surface area contributed by atoms with Crippen molar-refractivity contribution in [2.45, 2.75) is 33.6 Å². The van der Waals surface area contributed by atoms with Gasteiger partial charge in [-0.1, -0.05) is 13.8 Å². The summed E-state index contributed by atoms with van der Waals surface area (Å²) in [6, 6.07) is 1.91. The highest BCUT2D eigenvalue weighted by atomic mass is 16.2. The van der Waals surface area contributed by atoms with E-state index in [2.05, 4.69) is 29.5 Å². The lowest BCUT2D eigenvalue weighted by atomic mass is 9.81. The molecular weight excluding hydrogens is 214 g/mol. The first kappa shape index (κ1) is 11.9. The molecule has 0 aromatic carbocycles. The molecule has 1 aromatic heterocycles. The van der Waals surface area contributed by atoms with Crippen LogP contribution in [0, 0.1) is 12.3 Å². The second kappa shape index (κ2) is 4.35. The van der Waals surface area contributed by atoms with Gasteiger partial charge in [-0.3, -0.25) is 4.79 Å². The molecule has 0 atom stereocenters. The molecular formula is C13H19N3O. The number of aryl methyl sites for hydroxylation is 1. The average molecular weight is 233 g/mol. The molecule has 1 aliphatic heterocycles. The topological polar surface area (TPSA) is 54.0 Å². The van der Waals surface area contributed by atoms with E-state index in [0.717, 1.165) is 29.9 Å². The predicted molar refractivity (Wildman–Crippen MR) is 69.1 cm³/mol. The molecule has 1 aromatic rings. The number of rotatable bonds is 2. The van der Waals surface area contributed by atoms with E-state index in [1.165, 1.54) is 0 Å². The number of hydrogen-bond donors (Lipinski definition) is 2. The quantitative estimate of drug-likeness (QED) is 0.825. The summed E-state index contributed by atoms with van der Waals surface area (Å²) in [4.78, 5) is 16.6. The minimum atomic E-state index is -0.326. The van der Waals surface area contributed by atoms with Gasteiger partial charge in [0.15, 0.2) is 0 Å². The van der Waals surface area contributed by atoms with Crippen LogP contribution >= 0.6 is 0 Å². The lowest BCUT2D eigenvalue weighted by molar-refractivity contribution is -0.125. The molecule has 1 aliphatic rings. The van der Waals surface area contributed by atoms with E-state index in [9.17, 15) is 4.79 Å². The van der Waals surface area contributed by atoms with Gasteiger partial charge >= 0.3 is 0 Å². The zero-order chi connectivity index (χ0) is 12.5. The van der Waals surface area contributed by atoms with Crippen LogP contribution in [0.1, 0.15) is 32.3 Å².